The molecule has 1 aliphatic carbocycles. The first-order valence-electron chi connectivity index (χ1n) is 10.5. The molecule has 2 aliphatic rings. The highest BCUT2D eigenvalue weighted by Crippen LogP contribution is 2.46. The van der Waals surface area contributed by atoms with Crippen molar-refractivity contribution in [2.75, 3.05) is 13.1 Å². The van der Waals surface area contributed by atoms with E-state index < -0.39 is 54.3 Å². The first-order chi connectivity index (χ1) is 14.7. The maximum Gasteiger partial charge on any atom is 0.416 e. The number of nitrogens with zero attached hydrogens (tertiary/aromatic N) is 1. The molecule has 1 heterocycles. The molecule has 176 valence electrons. The van der Waals surface area contributed by atoms with Crippen LogP contribution < -0.4 is 10.6 Å². The molecule has 7 nitrogen and oxygen atoms in total. The minimum atomic E-state index is -4.65. The van der Waals surface area contributed by atoms with Crippen LogP contribution in [0.25, 0.3) is 0 Å². The Kier molecular flexibility index (Phi) is 6.29. The summed E-state index contributed by atoms with van der Waals surface area (Å²) in [6.07, 6.45) is -4.41. The fraction of sp³-hybridized carbons (Fsp3) is 0.591. The van der Waals surface area contributed by atoms with Crippen LogP contribution in [0.15, 0.2) is 24.3 Å². The zero-order valence-corrected chi connectivity index (χ0v) is 18.3. The number of hydrogen-bond acceptors (Lipinski definition) is 4. The monoisotopic (exact) mass is 455 g/mol. The van der Waals surface area contributed by atoms with Gasteiger partial charge < -0.3 is 15.7 Å². The summed E-state index contributed by atoms with van der Waals surface area (Å²) in [5, 5.41) is 15.3. The molecule has 4 amide bonds. The second kappa shape index (κ2) is 8.38. The molecule has 10 heteroatoms. The number of aliphatic hydroxyl groups excluding tert-OH is 1. The van der Waals surface area contributed by atoms with Crippen LogP contribution in [-0.4, -0.2) is 46.5 Å². The van der Waals surface area contributed by atoms with Crippen molar-refractivity contribution in [1.82, 2.24) is 15.5 Å². The molecule has 0 bridgehead atoms. The summed E-state index contributed by atoms with van der Waals surface area (Å²) in [7, 11) is 0. The van der Waals surface area contributed by atoms with Crippen LogP contribution in [0.4, 0.5) is 18.0 Å². The summed E-state index contributed by atoms with van der Waals surface area (Å²) in [6.45, 7) is 5.00. The van der Waals surface area contributed by atoms with Gasteiger partial charge in [-0.05, 0) is 42.2 Å². The normalized spacial score (nSPS) is 26.2. The van der Waals surface area contributed by atoms with Gasteiger partial charge in [-0.25, -0.2) is 4.79 Å². The van der Waals surface area contributed by atoms with Crippen LogP contribution in [-0.2, 0) is 15.8 Å². The highest BCUT2D eigenvalue weighted by molar-refractivity contribution is 6.09. The molecule has 3 N–H and O–H groups in total. The van der Waals surface area contributed by atoms with E-state index >= 15 is 0 Å². The van der Waals surface area contributed by atoms with Crippen molar-refractivity contribution in [2.45, 2.75) is 57.9 Å². The van der Waals surface area contributed by atoms with Crippen LogP contribution >= 0.6 is 0 Å². The quantitative estimate of drug-likeness (QED) is 0.595. The molecule has 2 fully saturated rings. The third kappa shape index (κ3) is 4.90. The third-order valence-electron chi connectivity index (χ3n) is 6.04. The maximum absolute atomic E-state index is 13.1. The second-order valence-corrected chi connectivity index (χ2v) is 9.66. The van der Waals surface area contributed by atoms with Crippen molar-refractivity contribution in [3.05, 3.63) is 35.4 Å². The minimum Gasteiger partial charge on any atom is -0.387 e. The predicted molar refractivity (Wildman–Crippen MR) is 109 cm³/mol. The van der Waals surface area contributed by atoms with Crippen molar-refractivity contribution in [3.8, 4) is 0 Å². The number of benzene rings is 1. The molecule has 1 spiro atoms. The number of aliphatic hydroxyl groups is 1. The van der Waals surface area contributed by atoms with Gasteiger partial charge in [0, 0.05) is 6.54 Å². The van der Waals surface area contributed by atoms with Crippen molar-refractivity contribution >= 4 is 17.8 Å². The van der Waals surface area contributed by atoms with Gasteiger partial charge in [-0.3, -0.25) is 14.5 Å². The van der Waals surface area contributed by atoms with Gasteiger partial charge in [-0.15, -0.1) is 0 Å². The molecule has 3 rings (SSSR count). The molecular formula is C22H28F3N3O4. The lowest BCUT2D eigenvalue weighted by Crippen LogP contribution is -2.54. The molecule has 1 saturated heterocycles. The van der Waals surface area contributed by atoms with E-state index in [1.807, 2.05) is 20.8 Å². The van der Waals surface area contributed by atoms with Crippen LogP contribution in [0, 0.1) is 11.3 Å². The van der Waals surface area contributed by atoms with Gasteiger partial charge in [0.2, 0.25) is 5.91 Å². The Balaban J connectivity index is 1.64. The van der Waals surface area contributed by atoms with Gasteiger partial charge in [0.15, 0.2) is 0 Å². The van der Waals surface area contributed by atoms with Crippen LogP contribution in [0.3, 0.4) is 0 Å². The zero-order chi connectivity index (χ0) is 23.9. The number of halogens is 3. The average molecular weight is 455 g/mol. The van der Waals surface area contributed by atoms with E-state index in [2.05, 4.69) is 10.6 Å². The summed E-state index contributed by atoms with van der Waals surface area (Å²) < 4.78 is 39.4. The molecule has 0 aromatic heterocycles. The van der Waals surface area contributed by atoms with Gasteiger partial charge in [0.05, 0.1) is 11.7 Å². The lowest BCUT2D eigenvalue weighted by molar-refractivity contribution is -0.139. The lowest BCUT2D eigenvalue weighted by Gasteiger charge is -2.43. The first kappa shape index (κ1) is 24.0. The zero-order valence-electron chi connectivity index (χ0n) is 18.3. The molecule has 1 aliphatic heterocycles. The number of rotatable bonds is 5. The number of amides is 4. The molecule has 3 unspecified atom stereocenters. The summed E-state index contributed by atoms with van der Waals surface area (Å²) >= 11 is 0. The summed E-state index contributed by atoms with van der Waals surface area (Å²) in [5.41, 5.74) is -2.57. The second-order valence-electron chi connectivity index (χ2n) is 9.66. The molecular weight excluding hydrogens is 427 g/mol. The smallest absolute Gasteiger partial charge is 0.387 e. The van der Waals surface area contributed by atoms with Crippen LogP contribution in [0.2, 0.25) is 0 Å². The van der Waals surface area contributed by atoms with Crippen molar-refractivity contribution in [2.24, 2.45) is 11.3 Å². The van der Waals surface area contributed by atoms with Gasteiger partial charge in [0.1, 0.15) is 12.1 Å². The van der Waals surface area contributed by atoms with Crippen molar-refractivity contribution < 1.29 is 32.7 Å². The van der Waals surface area contributed by atoms with E-state index in [1.165, 1.54) is 12.1 Å². The summed E-state index contributed by atoms with van der Waals surface area (Å²) in [5.74, 6) is -1.02. The Morgan fingerprint density at radius 1 is 1.28 bits per heavy atom. The minimum absolute atomic E-state index is 0.158. The van der Waals surface area contributed by atoms with E-state index in [4.69, 9.17) is 0 Å². The Morgan fingerprint density at radius 2 is 1.94 bits per heavy atom. The SMILES string of the molecule is CC1CC(C)(C)CC2(C1)NC(=O)N(CC(=O)NCC(O)c1ccccc1C(F)(F)F)C2=O. The fourth-order valence-corrected chi connectivity index (χ4v) is 5.22. The maximum atomic E-state index is 13.1. The van der Waals surface area contributed by atoms with Crippen molar-refractivity contribution in [3.63, 3.8) is 0 Å². The Labute approximate surface area is 184 Å². The molecule has 1 aromatic rings. The highest BCUT2D eigenvalue weighted by Gasteiger charge is 2.56. The molecule has 3 atom stereocenters. The van der Waals surface area contributed by atoms with E-state index in [-0.39, 0.29) is 16.9 Å². The standard InChI is InChI=1S/C22H28F3N3O4/c1-13-8-20(2,3)12-21(9-13)18(31)28(19(32)27-21)11-17(30)26-10-16(29)14-6-4-5-7-15(14)22(23,24)25/h4-7,13,16,29H,8-12H2,1-3H3,(H,26,30)(H,27,32). The molecule has 0 radical (unpaired) electrons. The lowest BCUT2D eigenvalue weighted by atomic mass is 9.64. The number of urea groups is 1. The summed E-state index contributed by atoms with van der Waals surface area (Å²) in [4.78, 5) is 38.7. The molecule has 1 aromatic carbocycles. The highest BCUT2D eigenvalue weighted by atomic mass is 19.4. The number of nitrogens with one attached hydrogen (secondary N) is 2. The number of imide groups is 1. The molecule has 1 saturated carbocycles. The van der Waals surface area contributed by atoms with Gasteiger partial charge >= 0.3 is 12.2 Å². The van der Waals surface area contributed by atoms with Crippen LogP contribution in [0.5, 0.6) is 0 Å². The number of carbonyl (C=O) groups excluding carboxylic acids is 3. The number of hydrogen-bond donors (Lipinski definition) is 3. The van der Waals surface area contributed by atoms with Crippen LogP contribution in [0.1, 0.15) is 57.3 Å². The van der Waals surface area contributed by atoms with E-state index in [0.717, 1.165) is 23.5 Å². The Morgan fingerprint density at radius 3 is 2.56 bits per heavy atom. The van der Waals surface area contributed by atoms with E-state index in [9.17, 15) is 32.7 Å². The third-order valence-corrected chi connectivity index (χ3v) is 6.04. The number of alkyl halides is 3. The van der Waals surface area contributed by atoms with Gasteiger partial charge in [0.25, 0.3) is 5.91 Å². The fourth-order valence-electron chi connectivity index (χ4n) is 5.22. The first-order valence-corrected chi connectivity index (χ1v) is 10.5. The Bertz CT molecular complexity index is 918. The largest absolute Gasteiger partial charge is 0.416 e. The van der Waals surface area contributed by atoms with E-state index in [0.29, 0.717) is 12.8 Å². The average Bonchev–Trinajstić information content (AvgIpc) is 2.87. The number of carbonyl (C=O) groups is 3. The van der Waals surface area contributed by atoms with Gasteiger partial charge in [-0.1, -0.05) is 39.0 Å². The van der Waals surface area contributed by atoms with Gasteiger partial charge in [-0.2, -0.15) is 13.2 Å². The Hall–Kier alpha value is -2.62. The van der Waals surface area contributed by atoms with Crippen molar-refractivity contribution in [1.29, 1.82) is 0 Å². The topological polar surface area (TPSA) is 98.7 Å². The predicted octanol–water partition coefficient (Wildman–Crippen LogP) is 2.99. The van der Waals surface area contributed by atoms with E-state index in [1.54, 1.807) is 0 Å². The summed E-state index contributed by atoms with van der Waals surface area (Å²) in [6, 6.07) is 3.87. The molecule has 32 heavy (non-hydrogen) atoms.